The zero-order valence-corrected chi connectivity index (χ0v) is 15.2. The number of carbonyl (C=O) groups excluding carboxylic acids is 1. The Kier molecular flexibility index (Phi) is 5.06. The summed E-state index contributed by atoms with van der Waals surface area (Å²) >= 11 is 0. The highest BCUT2D eigenvalue weighted by Gasteiger charge is 2.27. The van der Waals surface area contributed by atoms with E-state index < -0.39 is 0 Å². The minimum absolute atomic E-state index is 0.128. The number of carbonyl (C=O) groups is 1. The Morgan fingerprint density at radius 1 is 0.929 bits per heavy atom. The van der Waals surface area contributed by atoms with Crippen LogP contribution in [0, 0.1) is 11.6 Å². The molecule has 1 heterocycles. The van der Waals surface area contributed by atoms with Crippen LogP contribution in [0.3, 0.4) is 0 Å². The maximum Gasteiger partial charge on any atom is 0.254 e. The van der Waals surface area contributed by atoms with Crippen molar-refractivity contribution in [1.29, 1.82) is 0 Å². The molecule has 3 nitrogen and oxygen atoms in total. The standard InChI is InChI=1S/C23H19F2NO2/c24-18-10-8-16(9-11-18)15-28-22-7-3-5-20-19(22)12-13-26(23(20)27)14-17-4-1-2-6-21(17)25/h1-11H,12-15H2. The molecule has 4 rings (SSSR count). The lowest BCUT2D eigenvalue weighted by atomic mass is 9.97. The molecule has 0 bridgehead atoms. The quantitative estimate of drug-likeness (QED) is 0.641. The topological polar surface area (TPSA) is 29.5 Å². The summed E-state index contributed by atoms with van der Waals surface area (Å²) in [6.07, 6.45) is 0.634. The highest BCUT2D eigenvalue weighted by Crippen LogP contribution is 2.29. The maximum absolute atomic E-state index is 13.9. The molecule has 0 aromatic heterocycles. The molecule has 1 aliphatic rings. The van der Waals surface area contributed by atoms with E-state index in [1.54, 1.807) is 47.4 Å². The van der Waals surface area contributed by atoms with Gasteiger partial charge in [-0.15, -0.1) is 0 Å². The molecule has 1 aliphatic heterocycles. The van der Waals surface area contributed by atoms with Crippen LogP contribution >= 0.6 is 0 Å². The number of fused-ring (bicyclic) bond motifs is 1. The number of rotatable bonds is 5. The third-order valence-corrected chi connectivity index (χ3v) is 4.91. The molecule has 0 saturated carbocycles. The number of hydrogen-bond acceptors (Lipinski definition) is 2. The van der Waals surface area contributed by atoms with Crippen LogP contribution in [0.25, 0.3) is 0 Å². The maximum atomic E-state index is 13.9. The van der Waals surface area contributed by atoms with E-state index in [1.807, 2.05) is 6.07 Å². The predicted molar refractivity (Wildman–Crippen MR) is 102 cm³/mol. The monoisotopic (exact) mass is 379 g/mol. The van der Waals surface area contributed by atoms with E-state index in [0.29, 0.717) is 36.4 Å². The van der Waals surface area contributed by atoms with Crippen molar-refractivity contribution in [2.75, 3.05) is 6.54 Å². The normalized spacial score (nSPS) is 13.4. The highest BCUT2D eigenvalue weighted by atomic mass is 19.1. The van der Waals surface area contributed by atoms with Gasteiger partial charge in [-0.25, -0.2) is 8.78 Å². The van der Waals surface area contributed by atoms with Gasteiger partial charge in [0.15, 0.2) is 0 Å². The molecule has 0 N–H and O–H groups in total. The van der Waals surface area contributed by atoms with E-state index in [2.05, 4.69) is 0 Å². The van der Waals surface area contributed by atoms with Gasteiger partial charge in [-0.3, -0.25) is 4.79 Å². The second-order valence-electron chi connectivity index (χ2n) is 6.77. The van der Waals surface area contributed by atoms with Crippen LogP contribution in [0.5, 0.6) is 5.75 Å². The Morgan fingerprint density at radius 2 is 1.71 bits per heavy atom. The fourth-order valence-electron chi connectivity index (χ4n) is 3.40. The number of ether oxygens (including phenoxy) is 1. The lowest BCUT2D eigenvalue weighted by Crippen LogP contribution is -2.37. The molecule has 0 saturated heterocycles. The summed E-state index contributed by atoms with van der Waals surface area (Å²) in [5.41, 5.74) is 2.80. The van der Waals surface area contributed by atoms with E-state index in [1.165, 1.54) is 18.2 Å². The first-order valence-corrected chi connectivity index (χ1v) is 9.13. The van der Waals surface area contributed by atoms with Gasteiger partial charge in [0, 0.05) is 29.8 Å². The second kappa shape index (κ2) is 7.80. The second-order valence-corrected chi connectivity index (χ2v) is 6.77. The summed E-state index contributed by atoms with van der Waals surface area (Å²) in [6, 6.07) is 18.0. The molecule has 3 aromatic carbocycles. The molecule has 3 aromatic rings. The fraction of sp³-hybridized carbons (Fsp3) is 0.174. The van der Waals surface area contributed by atoms with Gasteiger partial charge in [-0.1, -0.05) is 36.4 Å². The molecule has 0 unspecified atom stereocenters. The Hall–Kier alpha value is -3.21. The summed E-state index contributed by atoms with van der Waals surface area (Å²) < 4.78 is 32.9. The largest absolute Gasteiger partial charge is 0.489 e. The third kappa shape index (κ3) is 3.74. The minimum atomic E-state index is -0.308. The van der Waals surface area contributed by atoms with Crippen LogP contribution in [0.2, 0.25) is 0 Å². The zero-order chi connectivity index (χ0) is 19.5. The van der Waals surface area contributed by atoms with Gasteiger partial charge < -0.3 is 9.64 Å². The molecular formula is C23H19F2NO2. The Labute approximate surface area is 162 Å². The van der Waals surface area contributed by atoms with E-state index in [0.717, 1.165) is 11.1 Å². The Bertz CT molecular complexity index is 1000. The predicted octanol–water partition coefficient (Wildman–Crippen LogP) is 4.74. The number of nitrogens with zero attached hydrogens (tertiary/aromatic N) is 1. The van der Waals surface area contributed by atoms with E-state index >= 15 is 0 Å². The number of hydrogen-bond donors (Lipinski definition) is 0. The molecule has 5 heteroatoms. The van der Waals surface area contributed by atoms with E-state index in [4.69, 9.17) is 4.74 Å². The smallest absolute Gasteiger partial charge is 0.254 e. The molecular weight excluding hydrogens is 360 g/mol. The van der Waals surface area contributed by atoms with Gasteiger partial charge in [0.1, 0.15) is 24.0 Å². The van der Waals surface area contributed by atoms with Crippen molar-refractivity contribution < 1.29 is 18.3 Å². The average Bonchev–Trinajstić information content (AvgIpc) is 2.71. The molecule has 142 valence electrons. The van der Waals surface area contributed by atoms with Crippen LogP contribution in [0.1, 0.15) is 27.0 Å². The van der Waals surface area contributed by atoms with Crippen LogP contribution in [0.4, 0.5) is 8.78 Å². The van der Waals surface area contributed by atoms with E-state index in [-0.39, 0.29) is 24.1 Å². The van der Waals surface area contributed by atoms with Gasteiger partial charge in [0.2, 0.25) is 0 Å². The van der Waals surface area contributed by atoms with Gasteiger partial charge in [0.05, 0.1) is 0 Å². The minimum Gasteiger partial charge on any atom is -0.489 e. The summed E-state index contributed by atoms with van der Waals surface area (Å²) in [5.74, 6) is -0.0729. The van der Waals surface area contributed by atoms with Crippen LogP contribution in [-0.4, -0.2) is 17.4 Å². The molecule has 0 radical (unpaired) electrons. The van der Waals surface area contributed by atoms with Crippen molar-refractivity contribution in [1.82, 2.24) is 4.90 Å². The van der Waals surface area contributed by atoms with Gasteiger partial charge in [0.25, 0.3) is 5.91 Å². The lowest BCUT2D eigenvalue weighted by molar-refractivity contribution is 0.0723. The summed E-state index contributed by atoms with van der Waals surface area (Å²) in [4.78, 5) is 14.6. The number of benzene rings is 3. The third-order valence-electron chi connectivity index (χ3n) is 4.91. The fourth-order valence-corrected chi connectivity index (χ4v) is 3.40. The van der Waals surface area contributed by atoms with Crippen molar-refractivity contribution in [3.63, 3.8) is 0 Å². The zero-order valence-electron chi connectivity index (χ0n) is 15.2. The SMILES string of the molecule is O=C1c2cccc(OCc3ccc(F)cc3)c2CCN1Cc1ccccc1F. The number of amides is 1. The lowest BCUT2D eigenvalue weighted by Gasteiger charge is -2.29. The molecule has 0 aliphatic carbocycles. The van der Waals surface area contributed by atoms with Crippen LogP contribution in [0.15, 0.2) is 66.7 Å². The van der Waals surface area contributed by atoms with Gasteiger partial charge in [-0.05, 0) is 42.3 Å². The first kappa shape index (κ1) is 18.2. The van der Waals surface area contributed by atoms with Crippen molar-refractivity contribution in [2.45, 2.75) is 19.6 Å². The van der Waals surface area contributed by atoms with Crippen molar-refractivity contribution in [2.24, 2.45) is 0 Å². The molecule has 0 fully saturated rings. The molecule has 28 heavy (non-hydrogen) atoms. The highest BCUT2D eigenvalue weighted by molar-refractivity contribution is 5.97. The first-order valence-electron chi connectivity index (χ1n) is 9.13. The Morgan fingerprint density at radius 3 is 2.50 bits per heavy atom. The summed E-state index contributed by atoms with van der Waals surface area (Å²) in [7, 11) is 0. The first-order chi connectivity index (χ1) is 13.6. The van der Waals surface area contributed by atoms with Gasteiger partial charge >= 0.3 is 0 Å². The summed E-state index contributed by atoms with van der Waals surface area (Å²) in [5, 5.41) is 0. The van der Waals surface area contributed by atoms with Crippen molar-refractivity contribution in [3.05, 3.63) is 101 Å². The molecule has 1 amide bonds. The van der Waals surface area contributed by atoms with E-state index in [9.17, 15) is 13.6 Å². The number of halogens is 2. The molecule has 0 spiro atoms. The average molecular weight is 379 g/mol. The van der Waals surface area contributed by atoms with Crippen molar-refractivity contribution in [3.8, 4) is 5.75 Å². The van der Waals surface area contributed by atoms with Crippen molar-refractivity contribution >= 4 is 5.91 Å². The molecule has 0 atom stereocenters. The van der Waals surface area contributed by atoms with Crippen LogP contribution < -0.4 is 4.74 Å². The summed E-state index contributed by atoms with van der Waals surface area (Å²) in [6.45, 7) is 1.03. The van der Waals surface area contributed by atoms with Crippen LogP contribution in [-0.2, 0) is 19.6 Å². The van der Waals surface area contributed by atoms with Gasteiger partial charge in [-0.2, -0.15) is 0 Å². The Balaban J connectivity index is 1.51.